The summed E-state index contributed by atoms with van der Waals surface area (Å²) in [5.41, 5.74) is 1.27. The summed E-state index contributed by atoms with van der Waals surface area (Å²) >= 11 is 5.05. The van der Waals surface area contributed by atoms with Crippen LogP contribution in [-0.4, -0.2) is 42.2 Å². The van der Waals surface area contributed by atoms with Crippen molar-refractivity contribution < 1.29 is 23.9 Å². The van der Waals surface area contributed by atoms with Crippen LogP contribution in [-0.2, 0) is 9.59 Å². The lowest BCUT2D eigenvalue weighted by atomic mass is 10.2. The largest absolute Gasteiger partial charge is 0.497 e. The number of nitrogens with zero attached hydrogens (tertiary/aromatic N) is 1. The number of methoxy groups -OCH3 is 1. The van der Waals surface area contributed by atoms with Crippen LogP contribution < -0.4 is 14.8 Å². The Balaban J connectivity index is 1.70. The van der Waals surface area contributed by atoms with Crippen LogP contribution in [0.5, 0.6) is 11.5 Å². The highest BCUT2D eigenvalue weighted by atomic mass is 127. The number of amides is 3. The summed E-state index contributed by atoms with van der Waals surface area (Å²) in [6, 6.07) is 10.4. The van der Waals surface area contributed by atoms with Crippen molar-refractivity contribution in [3.05, 3.63) is 54.0 Å². The molecule has 1 aliphatic rings. The van der Waals surface area contributed by atoms with E-state index >= 15 is 0 Å². The van der Waals surface area contributed by atoms with Gasteiger partial charge >= 0.3 is 0 Å². The Morgan fingerprint density at radius 2 is 1.88 bits per heavy atom. The highest BCUT2D eigenvalue weighted by molar-refractivity contribution is 14.1. The maximum atomic E-state index is 12.7. The zero-order valence-electron chi connectivity index (χ0n) is 16.7. The maximum absolute atomic E-state index is 12.7. The number of carbonyl (C=O) groups is 3. The first-order chi connectivity index (χ1) is 15.3. The van der Waals surface area contributed by atoms with Crippen LogP contribution >= 0.6 is 56.9 Å². The number of hydrogen-bond donors (Lipinski definition) is 1. The molecule has 0 saturated carbocycles. The summed E-state index contributed by atoms with van der Waals surface area (Å²) in [7, 11) is 1.55. The van der Waals surface area contributed by atoms with Crippen molar-refractivity contribution >= 4 is 85.8 Å². The van der Waals surface area contributed by atoms with Gasteiger partial charge in [-0.2, -0.15) is 0 Å². The van der Waals surface area contributed by atoms with Crippen LogP contribution in [0, 0.1) is 19.5 Å². The maximum Gasteiger partial charge on any atom is 0.294 e. The minimum Gasteiger partial charge on any atom is -0.497 e. The number of imide groups is 1. The van der Waals surface area contributed by atoms with Crippen LogP contribution in [0.4, 0.5) is 10.5 Å². The van der Waals surface area contributed by atoms with Gasteiger partial charge < -0.3 is 14.8 Å². The van der Waals surface area contributed by atoms with Crippen LogP contribution in [0.15, 0.2) is 41.3 Å². The molecule has 0 bridgehead atoms. The van der Waals surface area contributed by atoms with Gasteiger partial charge in [0, 0.05) is 5.69 Å². The molecule has 1 heterocycles. The molecule has 10 heteroatoms. The summed E-state index contributed by atoms with van der Waals surface area (Å²) in [5.74, 6) is 2.76. The van der Waals surface area contributed by atoms with Crippen LogP contribution in [0.2, 0.25) is 0 Å². The Morgan fingerprint density at radius 1 is 1.22 bits per heavy atom. The third-order valence-corrected chi connectivity index (χ3v) is 6.68. The van der Waals surface area contributed by atoms with Gasteiger partial charge in [0.1, 0.15) is 24.7 Å². The minimum atomic E-state index is -0.512. The zero-order chi connectivity index (χ0) is 23.3. The first-order valence-corrected chi connectivity index (χ1v) is 12.0. The summed E-state index contributed by atoms with van der Waals surface area (Å²) in [6.45, 7) is -0.217. The molecule has 1 N–H and O–H groups in total. The predicted octanol–water partition coefficient (Wildman–Crippen LogP) is 4.59. The molecular formula is C22H16I2N2O5S. The van der Waals surface area contributed by atoms with Gasteiger partial charge in [0.25, 0.3) is 11.1 Å². The number of terminal acetylenes is 1. The molecule has 1 saturated heterocycles. The van der Waals surface area contributed by atoms with Crippen molar-refractivity contribution in [3.63, 3.8) is 0 Å². The summed E-state index contributed by atoms with van der Waals surface area (Å²) in [6.07, 6.45) is 6.87. The number of carbonyl (C=O) groups excluding carboxylic acids is 3. The highest BCUT2D eigenvalue weighted by Gasteiger charge is 2.36. The van der Waals surface area contributed by atoms with Crippen LogP contribution in [0.3, 0.4) is 0 Å². The van der Waals surface area contributed by atoms with Gasteiger partial charge in [-0.05, 0) is 105 Å². The molecule has 0 atom stereocenters. The first kappa shape index (κ1) is 24.4. The predicted molar refractivity (Wildman–Crippen MR) is 141 cm³/mol. The van der Waals surface area contributed by atoms with Crippen molar-refractivity contribution in [1.82, 2.24) is 4.90 Å². The Morgan fingerprint density at radius 3 is 2.47 bits per heavy atom. The molecule has 1 fully saturated rings. The van der Waals surface area contributed by atoms with E-state index in [2.05, 4.69) is 56.4 Å². The molecular weight excluding hydrogens is 658 g/mol. The normalized spacial score (nSPS) is 14.4. The Bertz CT molecular complexity index is 1120. The van der Waals surface area contributed by atoms with E-state index in [0.717, 1.165) is 29.4 Å². The van der Waals surface area contributed by atoms with Gasteiger partial charge in [0.15, 0.2) is 0 Å². The van der Waals surface area contributed by atoms with Gasteiger partial charge in [0.05, 0.1) is 19.2 Å². The average molecular weight is 674 g/mol. The van der Waals surface area contributed by atoms with Crippen molar-refractivity contribution in [2.45, 2.75) is 0 Å². The molecule has 164 valence electrons. The van der Waals surface area contributed by atoms with Gasteiger partial charge in [-0.25, -0.2) is 0 Å². The Hall–Kier alpha value is -2.24. The number of ether oxygens (including phenoxy) is 2. The molecule has 3 amide bonds. The SMILES string of the molecule is C#CCOc1c(I)cc(/C=C2\SC(=O)N(CC(=O)Nc3ccc(OC)cc3)C2=O)cc1I. The third kappa shape index (κ3) is 5.96. The summed E-state index contributed by atoms with van der Waals surface area (Å²) in [5, 5.41) is 2.17. The third-order valence-electron chi connectivity index (χ3n) is 4.17. The average Bonchev–Trinajstić information content (AvgIpc) is 3.01. The van der Waals surface area contributed by atoms with Gasteiger partial charge in [-0.15, -0.1) is 6.42 Å². The van der Waals surface area contributed by atoms with E-state index in [4.69, 9.17) is 15.9 Å². The smallest absolute Gasteiger partial charge is 0.294 e. The van der Waals surface area contributed by atoms with E-state index in [-0.39, 0.29) is 18.1 Å². The van der Waals surface area contributed by atoms with E-state index in [1.165, 1.54) is 0 Å². The Kier molecular flexibility index (Phi) is 8.44. The molecule has 0 spiro atoms. The standard InChI is InChI=1S/C22H16I2N2O5S/c1-3-8-31-20-16(23)9-13(10-17(20)24)11-18-21(28)26(22(29)32-18)12-19(27)25-14-4-6-15(30-2)7-5-14/h1,4-7,9-11H,8,12H2,2H3,(H,25,27)/b18-11-. The summed E-state index contributed by atoms with van der Waals surface area (Å²) in [4.78, 5) is 38.6. The van der Waals surface area contributed by atoms with E-state index in [1.54, 1.807) is 37.5 Å². The number of rotatable bonds is 7. The molecule has 2 aromatic carbocycles. The van der Waals surface area contributed by atoms with Gasteiger partial charge in [-0.1, -0.05) is 5.92 Å². The second-order valence-corrected chi connectivity index (χ2v) is 9.67. The number of thioether (sulfide) groups is 1. The number of benzene rings is 2. The molecule has 0 aliphatic carbocycles. The first-order valence-electron chi connectivity index (χ1n) is 9.07. The van der Waals surface area contributed by atoms with Gasteiger partial charge in [0.2, 0.25) is 5.91 Å². The second-order valence-electron chi connectivity index (χ2n) is 6.35. The molecule has 1 aliphatic heterocycles. The second kappa shape index (κ2) is 11.1. The molecule has 32 heavy (non-hydrogen) atoms. The molecule has 0 unspecified atom stereocenters. The van der Waals surface area contributed by atoms with E-state index in [1.807, 2.05) is 12.1 Å². The lowest BCUT2D eigenvalue weighted by Gasteiger charge is -2.12. The molecule has 3 rings (SSSR count). The van der Waals surface area contributed by atoms with Crippen molar-refractivity contribution in [1.29, 1.82) is 0 Å². The zero-order valence-corrected chi connectivity index (χ0v) is 21.8. The van der Waals surface area contributed by atoms with Crippen molar-refractivity contribution in [3.8, 4) is 23.8 Å². The van der Waals surface area contributed by atoms with E-state index in [0.29, 0.717) is 17.2 Å². The molecule has 0 aromatic heterocycles. The van der Waals surface area contributed by atoms with Crippen LogP contribution in [0.25, 0.3) is 6.08 Å². The quantitative estimate of drug-likeness (QED) is 0.263. The molecule has 7 nitrogen and oxygen atoms in total. The number of halogens is 2. The van der Waals surface area contributed by atoms with Gasteiger partial charge in [-0.3, -0.25) is 19.3 Å². The fraction of sp³-hybridized carbons (Fsp3) is 0.136. The number of hydrogen-bond acceptors (Lipinski definition) is 6. The van der Waals surface area contributed by atoms with E-state index in [9.17, 15) is 14.4 Å². The number of anilines is 1. The minimum absolute atomic E-state index is 0.156. The van der Waals surface area contributed by atoms with Crippen molar-refractivity contribution in [2.75, 3.05) is 25.6 Å². The van der Waals surface area contributed by atoms with Crippen molar-refractivity contribution in [2.24, 2.45) is 0 Å². The lowest BCUT2D eigenvalue weighted by molar-refractivity contribution is -0.127. The number of nitrogens with one attached hydrogen (secondary N) is 1. The fourth-order valence-electron chi connectivity index (χ4n) is 2.72. The van der Waals surface area contributed by atoms with E-state index < -0.39 is 17.1 Å². The fourth-order valence-corrected chi connectivity index (χ4v) is 5.69. The topological polar surface area (TPSA) is 84.9 Å². The molecule has 2 aromatic rings. The lowest BCUT2D eigenvalue weighted by Crippen LogP contribution is -2.36. The Labute approximate surface area is 216 Å². The van der Waals surface area contributed by atoms with Crippen LogP contribution in [0.1, 0.15) is 5.56 Å². The molecule has 0 radical (unpaired) electrons. The summed E-state index contributed by atoms with van der Waals surface area (Å²) < 4.78 is 12.3. The monoisotopic (exact) mass is 674 g/mol. The highest BCUT2D eigenvalue weighted by Crippen LogP contribution is 2.34.